The van der Waals surface area contributed by atoms with Gasteiger partial charge in [0.15, 0.2) is 0 Å². The average molecular weight is 315 g/mol. The van der Waals surface area contributed by atoms with Gasteiger partial charge < -0.3 is 5.11 Å². The van der Waals surface area contributed by atoms with Gasteiger partial charge in [-0.15, -0.1) is 11.3 Å². The Morgan fingerprint density at radius 2 is 1.77 bits per heavy atom. The van der Waals surface area contributed by atoms with E-state index in [1.807, 2.05) is 12.2 Å². The summed E-state index contributed by atoms with van der Waals surface area (Å²) in [5.74, 6) is -0.165. The lowest BCUT2D eigenvalue weighted by molar-refractivity contribution is -0.131. The van der Waals surface area contributed by atoms with Gasteiger partial charge >= 0.3 is 5.97 Å². The van der Waals surface area contributed by atoms with Crippen molar-refractivity contribution in [2.45, 2.75) is 26.2 Å². The SMILES string of the molecule is CC(C)(C)c1ncc(C=Cc2ncc(C=CC(=O)O)s2)cn1. The van der Waals surface area contributed by atoms with Crippen molar-refractivity contribution in [2.24, 2.45) is 0 Å². The van der Waals surface area contributed by atoms with Crippen LogP contribution in [0.3, 0.4) is 0 Å². The first-order valence-corrected chi connectivity index (χ1v) is 7.54. The predicted molar refractivity (Wildman–Crippen MR) is 88.4 cm³/mol. The van der Waals surface area contributed by atoms with Crippen LogP contribution in [0.15, 0.2) is 24.7 Å². The summed E-state index contributed by atoms with van der Waals surface area (Å²) >= 11 is 1.41. The van der Waals surface area contributed by atoms with Crippen LogP contribution < -0.4 is 0 Å². The van der Waals surface area contributed by atoms with Crippen molar-refractivity contribution in [1.82, 2.24) is 15.0 Å². The van der Waals surface area contributed by atoms with Crippen LogP contribution in [0.2, 0.25) is 0 Å². The van der Waals surface area contributed by atoms with Crippen LogP contribution in [0, 0.1) is 0 Å². The van der Waals surface area contributed by atoms with E-state index in [0.717, 1.165) is 27.3 Å². The second kappa shape index (κ2) is 6.62. The van der Waals surface area contributed by atoms with Gasteiger partial charge in [0.2, 0.25) is 0 Å². The van der Waals surface area contributed by atoms with Gasteiger partial charge in [-0.2, -0.15) is 0 Å². The van der Waals surface area contributed by atoms with Gasteiger partial charge in [0.1, 0.15) is 10.8 Å². The largest absolute Gasteiger partial charge is 0.478 e. The number of aliphatic carboxylic acids is 1. The molecule has 114 valence electrons. The zero-order valence-corrected chi connectivity index (χ0v) is 13.5. The minimum Gasteiger partial charge on any atom is -0.478 e. The third kappa shape index (κ3) is 4.60. The molecule has 0 aromatic carbocycles. The molecule has 0 fully saturated rings. The van der Waals surface area contributed by atoms with E-state index in [0.29, 0.717) is 0 Å². The summed E-state index contributed by atoms with van der Waals surface area (Å²) in [5, 5.41) is 9.38. The first-order chi connectivity index (χ1) is 10.3. The number of rotatable bonds is 4. The van der Waals surface area contributed by atoms with E-state index >= 15 is 0 Å². The monoisotopic (exact) mass is 315 g/mol. The van der Waals surface area contributed by atoms with Gasteiger partial charge in [0.25, 0.3) is 0 Å². The molecule has 2 heterocycles. The molecule has 0 aliphatic heterocycles. The van der Waals surface area contributed by atoms with Crippen molar-refractivity contribution in [2.75, 3.05) is 0 Å². The molecule has 0 bridgehead atoms. The molecule has 2 aromatic heterocycles. The first-order valence-electron chi connectivity index (χ1n) is 6.72. The van der Waals surface area contributed by atoms with Gasteiger partial charge in [-0.3, -0.25) is 0 Å². The molecule has 0 atom stereocenters. The summed E-state index contributed by atoms with van der Waals surface area (Å²) in [6.45, 7) is 6.21. The van der Waals surface area contributed by atoms with E-state index in [9.17, 15) is 4.79 Å². The molecule has 0 aliphatic rings. The van der Waals surface area contributed by atoms with Gasteiger partial charge in [0.05, 0.1) is 0 Å². The molecule has 22 heavy (non-hydrogen) atoms. The number of hydrogen-bond donors (Lipinski definition) is 1. The highest BCUT2D eigenvalue weighted by Gasteiger charge is 2.16. The maximum atomic E-state index is 10.5. The molecule has 0 radical (unpaired) electrons. The van der Waals surface area contributed by atoms with E-state index in [1.54, 1.807) is 18.6 Å². The molecule has 0 unspecified atom stereocenters. The summed E-state index contributed by atoms with van der Waals surface area (Å²) in [4.78, 5) is 24.2. The number of hydrogen-bond acceptors (Lipinski definition) is 5. The molecular formula is C16H17N3O2S. The zero-order chi connectivity index (χ0) is 16.2. The molecule has 0 saturated carbocycles. The maximum absolute atomic E-state index is 10.5. The van der Waals surface area contributed by atoms with Crippen molar-refractivity contribution in [3.63, 3.8) is 0 Å². The molecule has 0 saturated heterocycles. The Kier molecular flexibility index (Phi) is 4.82. The van der Waals surface area contributed by atoms with Gasteiger partial charge in [-0.05, 0) is 18.2 Å². The molecule has 2 rings (SSSR count). The Morgan fingerprint density at radius 1 is 1.09 bits per heavy atom. The lowest BCUT2D eigenvalue weighted by Gasteiger charge is -2.15. The highest BCUT2D eigenvalue weighted by Crippen LogP contribution is 2.19. The lowest BCUT2D eigenvalue weighted by atomic mass is 9.96. The molecule has 0 aliphatic carbocycles. The maximum Gasteiger partial charge on any atom is 0.328 e. The second-order valence-corrected chi connectivity index (χ2v) is 6.79. The van der Waals surface area contributed by atoms with E-state index in [4.69, 9.17) is 5.11 Å². The number of carboxylic acids is 1. The fourth-order valence-electron chi connectivity index (χ4n) is 1.59. The Morgan fingerprint density at radius 3 is 2.36 bits per heavy atom. The van der Waals surface area contributed by atoms with Crippen molar-refractivity contribution in [3.8, 4) is 0 Å². The van der Waals surface area contributed by atoms with Crippen LogP contribution in [-0.2, 0) is 10.2 Å². The molecule has 1 N–H and O–H groups in total. The second-order valence-electron chi connectivity index (χ2n) is 5.70. The zero-order valence-electron chi connectivity index (χ0n) is 12.6. The van der Waals surface area contributed by atoms with Crippen LogP contribution in [0.1, 0.15) is 42.0 Å². The molecule has 6 heteroatoms. The van der Waals surface area contributed by atoms with Crippen LogP contribution in [0.4, 0.5) is 0 Å². The van der Waals surface area contributed by atoms with Crippen molar-refractivity contribution < 1.29 is 9.90 Å². The number of aromatic nitrogens is 3. The van der Waals surface area contributed by atoms with Gasteiger partial charge in [-0.1, -0.05) is 20.8 Å². The molecule has 0 amide bonds. The number of thiazole rings is 1. The minimum absolute atomic E-state index is 0.0665. The fourth-order valence-corrected chi connectivity index (χ4v) is 2.31. The van der Waals surface area contributed by atoms with Crippen molar-refractivity contribution in [3.05, 3.63) is 45.9 Å². The number of nitrogens with zero attached hydrogens (tertiary/aromatic N) is 3. The number of carboxylic acid groups (broad SMARTS) is 1. The van der Waals surface area contributed by atoms with Crippen molar-refractivity contribution in [1.29, 1.82) is 0 Å². The molecule has 0 spiro atoms. The van der Waals surface area contributed by atoms with Crippen LogP contribution in [-0.4, -0.2) is 26.0 Å². The van der Waals surface area contributed by atoms with Gasteiger partial charge in [-0.25, -0.2) is 19.7 Å². The lowest BCUT2D eigenvalue weighted by Crippen LogP contribution is -2.15. The summed E-state index contributed by atoms with van der Waals surface area (Å²) in [5.41, 5.74) is 0.828. The summed E-state index contributed by atoms with van der Waals surface area (Å²) < 4.78 is 0. The smallest absolute Gasteiger partial charge is 0.328 e. The number of carbonyl (C=O) groups is 1. The molecular weight excluding hydrogens is 298 g/mol. The normalized spacial score (nSPS) is 12.3. The van der Waals surface area contributed by atoms with Crippen LogP contribution in [0.5, 0.6) is 0 Å². The highest BCUT2D eigenvalue weighted by atomic mass is 32.1. The van der Waals surface area contributed by atoms with Crippen LogP contribution in [0.25, 0.3) is 18.2 Å². The third-order valence-corrected chi connectivity index (χ3v) is 3.62. The predicted octanol–water partition coefficient (Wildman–Crippen LogP) is 3.50. The Bertz CT molecular complexity index is 710. The molecule has 2 aromatic rings. The van der Waals surface area contributed by atoms with E-state index in [-0.39, 0.29) is 5.41 Å². The quantitative estimate of drug-likeness (QED) is 0.874. The van der Waals surface area contributed by atoms with Crippen molar-refractivity contribution >= 4 is 35.5 Å². The first kappa shape index (κ1) is 16.0. The Balaban J connectivity index is 2.07. The standard InChI is InChI=1S/C16H17N3O2S/c1-16(2,3)15-18-8-11(9-19-15)4-6-13-17-10-12(22-13)5-7-14(20)21/h4-10H,1-3H3,(H,20,21). The van der Waals surface area contributed by atoms with E-state index in [1.165, 1.54) is 17.4 Å². The van der Waals surface area contributed by atoms with Gasteiger partial charge in [0, 0.05) is 40.5 Å². The van der Waals surface area contributed by atoms with E-state index in [2.05, 4.69) is 35.7 Å². The van der Waals surface area contributed by atoms with E-state index < -0.39 is 5.97 Å². The Hall–Kier alpha value is -2.34. The summed E-state index contributed by atoms with van der Waals surface area (Å²) in [6.07, 6.45) is 11.6. The fraction of sp³-hybridized carbons (Fsp3) is 0.250. The minimum atomic E-state index is -0.971. The third-order valence-electron chi connectivity index (χ3n) is 2.69. The topological polar surface area (TPSA) is 76.0 Å². The average Bonchev–Trinajstić information content (AvgIpc) is 2.90. The molecule has 5 nitrogen and oxygen atoms in total. The summed E-state index contributed by atoms with van der Waals surface area (Å²) in [7, 11) is 0. The Labute approximate surface area is 133 Å². The highest BCUT2D eigenvalue weighted by molar-refractivity contribution is 7.13. The van der Waals surface area contributed by atoms with Crippen LogP contribution >= 0.6 is 11.3 Å². The summed E-state index contributed by atoms with van der Waals surface area (Å²) in [6, 6.07) is 0.